The highest BCUT2D eigenvalue weighted by atomic mass is 32.1. The third-order valence-electron chi connectivity index (χ3n) is 2.93. The zero-order valence-corrected chi connectivity index (χ0v) is 11.4. The van der Waals surface area contributed by atoms with E-state index in [4.69, 9.17) is 4.52 Å². The molecule has 5 heteroatoms. The lowest BCUT2D eigenvalue weighted by molar-refractivity contribution is 0.433. The number of phenolic OH excluding ortho intramolecular Hbond substituents is 1. The molecular formula is C14H12N2O2S. The number of hydrogen-bond acceptors (Lipinski definition) is 5. The van der Waals surface area contributed by atoms with Gasteiger partial charge in [-0.05, 0) is 49.7 Å². The number of aryl methyl sites for hydroxylation is 2. The van der Waals surface area contributed by atoms with Gasteiger partial charge in [-0.2, -0.15) is 4.98 Å². The van der Waals surface area contributed by atoms with Crippen LogP contribution in [-0.4, -0.2) is 15.2 Å². The minimum atomic E-state index is 0.219. The Morgan fingerprint density at radius 2 is 1.89 bits per heavy atom. The van der Waals surface area contributed by atoms with Gasteiger partial charge >= 0.3 is 0 Å². The van der Waals surface area contributed by atoms with E-state index in [0.29, 0.717) is 11.7 Å². The van der Waals surface area contributed by atoms with Gasteiger partial charge in [-0.1, -0.05) is 5.16 Å². The Bertz CT molecular complexity index is 694. The molecule has 3 rings (SSSR count). The third-order valence-corrected chi connectivity index (χ3v) is 4.07. The van der Waals surface area contributed by atoms with E-state index in [1.165, 1.54) is 10.4 Å². The molecule has 3 aromatic rings. The zero-order chi connectivity index (χ0) is 13.4. The number of hydrogen-bond donors (Lipinski definition) is 1. The maximum Gasteiger partial charge on any atom is 0.268 e. The summed E-state index contributed by atoms with van der Waals surface area (Å²) in [5, 5.41) is 13.2. The van der Waals surface area contributed by atoms with Crippen molar-refractivity contribution in [3.8, 4) is 27.9 Å². The van der Waals surface area contributed by atoms with Crippen LogP contribution in [-0.2, 0) is 0 Å². The number of nitrogens with zero attached hydrogens (tertiary/aromatic N) is 2. The number of phenols is 1. The van der Waals surface area contributed by atoms with Crippen molar-refractivity contribution in [3.05, 3.63) is 40.8 Å². The lowest BCUT2D eigenvalue weighted by atomic mass is 10.2. The van der Waals surface area contributed by atoms with Crippen molar-refractivity contribution in [1.82, 2.24) is 10.1 Å². The maximum atomic E-state index is 9.26. The molecule has 0 aliphatic carbocycles. The van der Waals surface area contributed by atoms with Gasteiger partial charge in [0.05, 0.1) is 4.88 Å². The van der Waals surface area contributed by atoms with Gasteiger partial charge in [0, 0.05) is 10.4 Å². The lowest BCUT2D eigenvalue weighted by Gasteiger charge is -1.93. The second-order valence-electron chi connectivity index (χ2n) is 4.32. The van der Waals surface area contributed by atoms with Crippen LogP contribution in [0.4, 0.5) is 0 Å². The first kappa shape index (κ1) is 11.9. The summed E-state index contributed by atoms with van der Waals surface area (Å²) in [6.07, 6.45) is 0. The molecule has 0 fully saturated rings. The molecule has 19 heavy (non-hydrogen) atoms. The van der Waals surface area contributed by atoms with Crippen molar-refractivity contribution in [2.75, 3.05) is 0 Å². The van der Waals surface area contributed by atoms with Crippen LogP contribution in [0.25, 0.3) is 22.2 Å². The van der Waals surface area contributed by atoms with Crippen molar-refractivity contribution in [2.45, 2.75) is 13.8 Å². The Hall–Kier alpha value is -2.14. The van der Waals surface area contributed by atoms with Gasteiger partial charge in [-0.3, -0.25) is 0 Å². The fourth-order valence-corrected chi connectivity index (χ4v) is 2.69. The largest absolute Gasteiger partial charge is 0.508 e. The van der Waals surface area contributed by atoms with E-state index < -0.39 is 0 Å². The molecule has 2 aromatic heterocycles. The summed E-state index contributed by atoms with van der Waals surface area (Å²) < 4.78 is 5.29. The van der Waals surface area contributed by atoms with E-state index in [9.17, 15) is 5.11 Å². The summed E-state index contributed by atoms with van der Waals surface area (Å²) in [6.45, 7) is 4.13. The monoisotopic (exact) mass is 272 g/mol. The first-order valence-electron chi connectivity index (χ1n) is 5.84. The maximum absolute atomic E-state index is 9.26. The van der Waals surface area contributed by atoms with Crippen molar-refractivity contribution >= 4 is 11.3 Å². The fourth-order valence-electron chi connectivity index (χ4n) is 1.73. The summed E-state index contributed by atoms with van der Waals surface area (Å²) in [6, 6.07) is 8.77. The minimum Gasteiger partial charge on any atom is -0.508 e. The zero-order valence-electron chi connectivity index (χ0n) is 10.5. The van der Waals surface area contributed by atoms with Crippen LogP contribution in [0.3, 0.4) is 0 Å². The molecule has 0 unspecified atom stereocenters. The molecule has 96 valence electrons. The number of thiophene rings is 1. The number of rotatable bonds is 2. The molecule has 0 amide bonds. The summed E-state index contributed by atoms with van der Waals surface area (Å²) in [7, 11) is 0. The molecule has 0 radical (unpaired) electrons. The Balaban J connectivity index is 1.97. The van der Waals surface area contributed by atoms with Gasteiger partial charge in [-0.25, -0.2) is 0 Å². The van der Waals surface area contributed by atoms with Gasteiger partial charge in [0.15, 0.2) is 0 Å². The standard InChI is InChI=1S/C14H12N2O2S/c1-8-7-12(19-9(8)2)14-15-13(16-18-14)10-3-5-11(17)6-4-10/h3-7,17H,1-2H3. The summed E-state index contributed by atoms with van der Waals surface area (Å²) in [5.74, 6) is 1.28. The average molecular weight is 272 g/mol. The van der Waals surface area contributed by atoms with Gasteiger partial charge < -0.3 is 9.63 Å². The van der Waals surface area contributed by atoms with E-state index in [1.54, 1.807) is 35.6 Å². The molecule has 1 N–H and O–H groups in total. The Kier molecular flexibility index (Phi) is 2.83. The molecule has 0 aliphatic heterocycles. The van der Waals surface area contributed by atoms with E-state index in [1.807, 2.05) is 6.07 Å². The quantitative estimate of drug-likeness (QED) is 0.771. The molecule has 4 nitrogen and oxygen atoms in total. The van der Waals surface area contributed by atoms with E-state index in [0.717, 1.165) is 10.4 Å². The second-order valence-corrected chi connectivity index (χ2v) is 5.58. The molecule has 0 aliphatic rings. The average Bonchev–Trinajstić information content (AvgIpc) is 2.99. The van der Waals surface area contributed by atoms with E-state index >= 15 is 0 Å². The second kappa shape index (κ2) is 4.51. The van der Waals surface area contributed by atoms with Crippen LogP contribution in [0.15, 0.2) is 34.9 Å². The predicted molar refractivity (Wildman–Crippen MR) is 74.2 cm³/mol. The van der Waals surface area contributed by atoms with Crippen LogP contribution in [0, 0.1) is 13.8 Å². The van der Waals surface area contributed by atoms with Gasteiger partial charge in [0.2, 0.25) is 5.82 Å². The molecule has 1 aromatic carbocycles. The van der Waals surface area contributed by atoms with E-state index in [2.05, 4.69) is 24.0 Å². The molecule has 0 spiro atoms. The third kappa shape index (κ3) is 2.24. The normalized spacial score (nSPS) is 10.8. The molecule has 0 atom stereocenters. The van der Waals surface area contributed by atoms with Crippen LogP contribution in [0.2, 0.25) is 0 Å². The van der Waals surface area contributed by atoms with Crippen molar-refractivity contribution in [1.29, 1.82) is 0 Å². The van der Waals surface area contributed by atoms with Crippen LogP contribution in [0.1, 0.15) is 10.4 Å². The predicted octanol–water partition coefficient (Wildman–Crippen LogP) is 3.79. The number of aromatic hydroxyl groups is 1. The van der Waals surface area contributed by atoms with Crippen LogP contribution in [0.5, 0.6) is 5.75 Å². The smallest absolute Gasteiger partial charge is 0.268 e. The SMILES string of the molecule is Cc1cc(-c2nc(-c3ccc(O)cc3)no2)sc1C. The fraction of sp³-hybridized carbons (Fsp3) is 0.143. The van der Waals surface area contributed by atoms with Crippen molar-refractivity contribution in [3.63, 3.8) is 0 Å². The molecule has 0 bridgehead atoms. The van der Waals surface area contributed by atoms with Gasteiger partial charge in [-0.15, -0.1) is 11.3 Å². The first-order valence-corrected chi connectivity index (χ1v) is 6.65. The highest BCUT2D eigenvalue weighted by Gasteiger charge is 2.13. The topological polar surface area (TPSA) is 59.2 Å². The van der Waals surface area contributed by atoms with Gasteiger partial charge in [0.25, 0.3) is 5.89 Å². The highest BCUT2D eigenvalue weighted by molar-refractivity contribution is 7.15. The van der Waals surface area contributed by atoms with Crippen LogP contribution < -0.4 is 0 Å². The highest BCUT2D eigenvalue weighted by Crippen LogP contribution is 2.31. The summed E-state index contributed by atoms with van der Waals surface area (Å²) >= 11 is 1.64. The minimum absolute atomic E-state index is 0.219. The van der Waals surface area contributed by atoms with Crippen molar-refractivity contribution < 1.29 is 9.63 Å². The first-order chi connectivity index (χ1) is 9.13. The number of benzene rings is 1. The number of aromatic nitrogens is 2. The molecule has 0 saturated carbocycles. The lowest BCUT2D eigenvalue weighted by Crippen LogP contribution is -1.79. The van der Waals surface area contributed by atoms with Crippen LogP contribution >= 0.6 is 11.3 Å². The molecular weight excluding hydrogens is 260 g/mol. The Morgan fingerprint density at radius 1 is 1.16 bits per heavy atom. The Morgan fingerprint density at radius 3 is 2.53 bits per heavy atom. The van der Waals surface area contributed by atoms with E-state index in [-0.39, 0.29) is 5.75 Å². The summed E-state index contributed by atoms with van der Waals surface area (Å²) in [4.78, 5) is 6.61. The molecule has 0 saturated heterocycles. The Labute approximate surface area is 114 Å². The molecule has 2 heterocycles. The summed E-state index contributed by atoms with van der Waals surface area (Å²) in [5.41, 5.74) is 2.04. The van der Waals surface area contributed by atoms with Crippen molar-refractivity contribution in [2.24, 2.45) is 0 Å². The van der Waals surface area contributed by atoms with Gasteiger partial charge in [0.1, 0.15) is 5.75 Å².